The number of carbonyl (C=O) groups is 1. The number of rotatable bonds is 5. The van der Waals surface area contributed by atoms with Crippen LogP contribution in [0.2, 0.25) is 0 Å². The van der Waals surface area contributed by atoms with Gasteiger partial charge in [-0.25, -0.2) is 0 Å². The van der Waals surface area contributed by atoms with Gasteiger partial charge < -0.3 is 14.5 Å². The molecule has 3 aromatic rings. The van der Waals surface area contributed by atoms with Crippen LogP contribution >= 0.6 is 0 Å². The molecule has 0 saturated heterocycles. The molecule has 28 heavy (non-hydrogen) atoms. The van der Waals surface area contributed by atoms with Crippen LogP contribution in [0.4, 0.5) is 5.69 Å². The first kappa shape index (κ1) is 19.7. The molecule has 0 radical (unpaired) electrons. The third-order valence-electron chi connectivity index (χ3n) is 5.72. The normalized spacial score (nSPS) is 10.8. The molecular weight excluding hydrogens is 350 g/mol. The Labute approximate surface area is 166 Å². The average Bonchev–Trinajstić information content (AvgIpc) is 3.17. The monoisotopic (exact) mass is 377 g/mol. The van der Waals surface area contributed by atoms with E-state index < -0.39 is 0 Å². The van der Waals surface area contributed by atoms with Crippen molar-refractivity contribution < 1.29 is 13.9 Å². The largest absolute Gasteiger partial charge is 0.497 e. The molecule has 0 unspecified atom stereocenters. The second-order valence-corrected chi connectivity index (χ2v) is 7.23. The topological polar surface area (TPSA) is 51.5 Å². The van der Waals surface area contributed by atoms with E-state index in [1.165, 1.54) is 33.4 Å². The highest BCUT2D eigenvalue weighted by atomic mass is 16.5. The highest BCUT2D eigenvalue weighted by Crippen LogP contribution is 2.28. The van der Waals surface area contributed by atoms with Gasteiger partial charge in [0.25, 0.3) is 5.91 Å². The Bertz CT molecular complexity index is 1000. The van der Waals surface area contributed by atoms with Gasteiger partial charge in [0.2, 0.25) is 0 Å². The van der Waals surface area contributed by atoms with E-state index in [2.05, 4.69) is 39.9 Å². The highest BCUT2D eigenvalue weighted by Gasteiger charge is 2.16. The van der Waals surface area contributed by atoms with Crippen molar-refractivity contribution in [2.45, 2.75) is 41.0 Å². The molecule has 0 saturated carbocycles. The summed E-state index contributed by atoms with van der Waals surface area (Å²) in [6, 6.07) is 10.8. The van der Waals surface area contributed by atoms with Gasteiger partial charge in [-0.15, -0.1) is 0 Å². The maximum absolute atomic E-state index is 12.5. The number of methoxy groups -OCH3 is 1. The predicted octanol–water partition coefficient (Wildman–Crippen LogP) is 5.67. The fraction of sp³-hybridized carbons (Fsp3) is 0.292. The second-order valence-electron chi connectivity index (χ2n) is 7.23. The summed E-state index contributed by atoms with van der Waals surface area (Å²) in [5.74, 6) is 1.50. The zero-order chi connectivity index (χ0) is 20.4. The molecule has 1 N–H and O–H groups in total. The minimum absolute atomic E-state index is 0.274. The number of benzene rings is 2. The van der Waals surface area contributed by atoms with E-state index in [4.69, 9.17) is 9.15 Å². The van der Waals surface area contributed by atoms with Gasteiger partial charge in [0, 0.05) is 18.2 Å². The fourth-order valence-corrected chi connectivity index (χ4v) is 3.51. The standard InChI is InChI=1S/C24H27NO3/c1-14-15(2)17(4)22(18(5)16(14)3)13-21-10-11-23(28-21)24(26)25-19-8-7-9-20(12-19)27-6/h7-12H,13H2,1-6H3,(H,25,26). The Morgan fingerprint density at radius 3 is 2.21 bits per heavy atom. The molecule has 1 aromatic heterocycles. The van der Waals surface area contributed by atoms with Gasteiger partial charge in [-0.2, -0.15) is 0 Å². The maximum atomic E-state index is 12.5. The summed E-state index contributed by atoms with van der Waals surface area (Å²) in [4.78, 5) is 12.5. The number of ether oxygens (including phenoxy) is 1. The van der Waals surface area contributed by atoms with Gasteiger partial charge >= 0.3 is 0 Å². The Hall–Kier alpha value is -3.01. The number of carbonyl (C=O) groups excluding carboxylic acids is 1. The smallest absolute Gasteiger partial charge is 0.291 e. The van der Waals surface area contributed by atoms with Crippen molar-refractivity contribution in [1.29, 1.82) is 0 Å². The Kier molecular flexibility index (Phi) is 5.59. The van der Waals surface area contributed by atoms with Crippen LogP contribution in [0.3, 0.4) is 0 Å². The Morgan fingerprint density at radius 1 is 0.929 bits per heavy atom. The maximum Gasteiger partial charge on any atom is 0.291 e. The zero-order valence-electron chi connectivity index (χ0n) is 17.4. The third-order valence-corrected chi connectivity index (χ3v) is 5.72. The van der Waals surface area contributed by atoms with Gasteiger partial charge in [0.05, 0.1) is 7.11 Å². The predicted molar refractivity (Wildman–Crippen MR) is 113 cm³/mol. The summed E-state index contributed by atoms with van der Waals surface area (Å²) in [5, 5.41) is 2.85. The van der Waals surface area contributed by atoms with Crippen molar-refractivity contribution in [1.82, 2.24) is 0 Å². The minimum Gasteiger partial charge on any atom is -0.497 e. The molecule has 0 bridgehead atoms. The molecule has 0 aliphatic carbocycles. The van der Waals surface area contributed by atoms with E-state index in [1.807, 2.05) is 24.3 Å². The van der Waals surface area contributed by atoms with E-state index in [-0.39, 0.29) is 5.91 Å². The van der Waals surface area contributed by atoms with Gasteiger partial charge in [0.15, 0.2) is 5.76 Å². The van der Waals surface area contributed by atoms with E-state index in [0.717, 1.165) is 5.76 Å². The molecule has 2 aromatic carbocycles. The van der Waals surface area contributed by atoms with Crippen molar-refractivity contribution in [3.05, 3.63) is 81.3 Å². The summed E-state index contributed by atoms with van der Waals surface area (Å²) in [6.45, 7) is 10.8. The number of nitrogens with one attached hydrogen (secondary N) is 1. The van der Waals surface area contributed by atoms with Gasteiger partial charge in [-0.3, -0.25) is 4.79 Å². The highest BCUT2D eigenvalue weighted by molar-refractivity contribution is 6.02. The number of furan rings is 1. The van der Waals surface area contributed by atoms with Crippen LogP contribution < -0.4 is 10.1 Å². The van der Waals surface area contributed by atoms with Crippen LogP contribution in [0.15, 0.2) is 40.8 Å². The summed E-state index contributed by atoms with van der Waals surface area (Å²) >= 11 is 0. The SMILES string of the molecule is COc1cccc(NC(=O)c2ccc(Cc3c(C)c(C)c(C)c(C)c3C)o2)c1. The first-order valence-electron chi connectivity index (χ1n) is 9.41. The lowest BCUT2D eigenvalue weighted by Crippen LogP contribution is -2.10. The lowest BCUT2D eigenvalue weighted by molar-refractivity contribution is 0.0995. The summed E-state index contributed by atoms with van der Waals surface area (Å²) in [7, 11) is 1.60. The van der Waals surface area contributed by atoms with Crippen LogP contribution in [0.1, 0.15) is 49.7 Å². The van der Waals surface area contributed by atoms with E-state index >= 15 is 0 Å². The third kappa shape index (κ3) is 3.81. The lowest BCUT2D eigenvalue weighted by atomic mass is 9.88. The molecule has 0 aliphatic heterocycles. The number of amides is 1. The van der Waals surface area contributed by atoms with Crippen LogP contribution in [-0.2, 0) is 6.42 Å². The molecule has 146 valence electrons. The molecule has 4 heteroatoms. The van der Waals surface area contributed by atoms with Crippen molar-refractivity contribution in [2.24, 2.45) is 0 Å². The van der Waals surface area contributed by atoms with E-state index in [0.29, 0.717) is 23.6 Å². The van der Waals surface area contributed by atoms with Crippen LogP contribution in [0.5, 0.6) is 5.75 Å². The summed E-state index contributed by atoms with van der Waals surface area (Å²) in [5.41, 5.74) is 8.50. The first-order chi connectivity index (χ1) is 13.3. The molecule has 0 fully saturated rings. The lowest BCUT2D eigenvalue weighted by Gasteiger charge is -2.18. The van der Waals surface area contributed by atoms with Crippen molar-refractivity contribution in [2.75, 3.05) is 12.4 Å². The second kappa shape index (κ2) is 7.93. The molecular formula is C24H27NO3. The average molecular weight is 377 g/mol. The van der Waals surface area contributed by atoms with Crippen LogP contribution in [0.25, 0.3) is 0 Å². The molecule has 0 spiro atoms. The zero-order valence-corrected chi connectivity index (χ0v) is 17.4. The Morgan fingerprint density at radius 2 is 1.57 bits per heavy atom. The van der Waals surface area contributed by atoms with E-state index in [1.54, 1.807) is 19.2 Å². The minimum atomic E-state index is -0.274. The number of hydrogen-bond donors (Lipinski definition) is 1. The van der Waals surface area contributed by atoms with Crippen LogP contribution in [0, 0.1) is 34.6 Å². The van der Waals surface area contributed by atoms with Gasteiger partial charge in [0.1, 0.15) is 11.5 Å². The van der Waals surface area contributed by atoms with Gasteiger partial charge in [-0.1, -0.05) is 6.07 Å². The quantitative estimate of drug-likeness (QED) is 0.623. The summed E-state index contributed by atoms with van der Waals surface area (Å²) in [6.07, 6.45) is 0.673. The number of anilines is 1. The van der Waals surface area contributed by atoms with E-state index in [9.17, 15) is 4.79 Å². The summed E-state index contributed by atoms with van der Waals surface area (Å²) < 4.78 is 11.0. The first-order valence-corrected chi connectivity index (χ1v) is 9.41. The molecule has 1 amide bonds. The van der Waals surface area contributed by atoms with Crippen molar-refractivity contribution >= 4 is 11.6 Å². The Balaban J connectivity index is 1.80. The van der Waals surface area contributed by atoms with Crippen molar-refractivity contribution in [3.63, 3.8) is 0 Å². The molecule has 0 aliphatic rings. The molecule has 3 rings (SSSR count). The number of hydrogen-bond acceptors (Lipinski definition) is 3. The van der Waals surface area contributed by atoms with Crippen LogP contribution in [-0.4, -0.2) is 13.0 Å². The molecule has 0 atom stereocenters. The van der Waals surface area contributed by atoms with Gasteiger partial charge in [-0.05, 0) is 92.3 Å². The fourth-order valence-electron chi connectivity index (χ4n) is 3.51. The molecule has 4 nitrogen and oxygen atoms in total. The van der Waals surface area contributed by atoms with Crippen molar-refractivity contribution in [3.8, 4) is 5.75 Å². The molecule has 1 heterocycles.